The van der Waals surface area contributed by atoms with Crippen LogP contribution in [0.5, 0.6) is 0 Å². The van der Waals surface area contributed by atoms with Crippen LogP contribution in [0.1, 0.15) is 39.0 Å². The number of fused-ring (bicyclic) bond motifs is 1. The molecule has 3 fully saturated rings. The molecule has 0 saturated carbocycles. The highest BCUT2D eigenvalue weighted by molar-refractivity contribution is 5.76. The molecule has 3 aliphatic rings. The van der Waals surface area contributed by atoms with E-state index < -0.39 is 6.10 Å². The maximum atomic E-state index is 11.8. The number of hydrogen-bond acceptors (Lipinski definition) is 6. The summed E-state index contributed by atoms with van der Waals surface area (Å²) in [7, 11) is 0. The van der Waals surface area contributed by atoms with Gasteiger partial charge in [-0.25, -0.2) is 0 Å². The van der Waals surface area contributed by atoms with Crippen molar-refractivity contribution in [3.63, 3.8) is 0 Å². The van der Waals surface area contributed by atoms with Gasteiger partial charge in [-0.2, -0.15) is 0 Å². The Bertz CT molecular complexity index is 417. The molecule has 7 heteroatoms. The van der Waals surface area contributed by atoms with Gasteiger partial charge in [-0.1, -0.05) is 6.92 Å². The molecule has 0 aromatic carbocycles. The fourth-order valence-electron chi connectivity index (χ4n) is 3.86. The van der Waals surface area contributed by atoms with Gasteiger partial charge in [0.2, 0.25) is 5.91 Å². The van der Waals surface area contributed by atoms with Gasteiger partial charge >= 0.3 is 0 Å². The number of piperidine rings is 1. The summed E-state index contributed by atoms with van der Waals surface area (Å²) in [6.45, 7) is 5.47. The van der Waals surface area contributed by atoms with Gasteiger partial charge in [-0.05, 0) is 32.4 Å². The Morgan fingerprint density at radius 1 is 1.29 bits per heavy atom. The number of carbonyl (C=O) groups excluding carboxylic acids is 1. The van der Waals surface area contributed by atoms with Crippen LogP contribution >= 0.6 is 0 Å². The number of ether oxygens (including phenoxy) is 2. The molecule has 5 atom stereocenters. The summed E-state index contributed by atoms with van der Waals surface area (Å²) in [5.41, 5.74) is 0. The van der Waals surface area contributed by atoms with E-state index in [1.54, 1.807) is 0 Å². The first-order valence-corrected chi connectivity index (χ1v) is 9.37. The number of carbonyl (C=O) groups is 1. The van der Waals surface area contributed by atoms with E-state index in [1.165, 1.54) is 0 Å². The Hall–Kier alpha value is -0.730. The minimum atomic E-state index is -0.618. The van der Waals surface area contributed by atoms with Gasteiger partial charge in [0.25, 0.3) is 0 Å². The average molecular weight is 341 g/mol. The monoisotopic (exact) mass is 341 g/mol. The Balaban J connectivity index is 1.40. The lowest BCUT2D eigenvalue weighted by molar-refractivity contribution is -0.124. The van der Waals surface area contributed by atoms with Gasteiger partial charge in [0.1, 0.15) is 12.2 Å². The summed E-state index contributed by atoms with van der Waals surface area (Å²) in [5.74, 6) is 0.0143. The molecule has 3 rings (SSSR count). The fraction of sp³-hybridized carbons (Fsp3) is 0.941. The summed E-state index contributed by atoms with van der Waals surface area (Å²) < 4.78 is 11.9. The van der Waals surface area contributed by atoms with E-state index >= 15 is 0 Å². The second kappa shape index (κ2) is 8.58. The van der Waals surface area contributed by atoms with Crippen molar-refractivity contribution >= 4 is 5.91 Å². The molecule has 0 aromatic rings. The number of amides is 1. The SMILES string of the molecule is CCCNC(=O)C[C@@H]1C[C@H]2O[C@H](CNC3CCNCC3)[C@@H](O)[C@H]2O1. The minimum Gasteiger partial charge on any atom is -0.388 e. The van der Waals surface area contributed by atoms with Crippen LogP contribution in [0.3, 0.4) is 0 Å². The van der Waals surface area contributed by atoms with Crippen molar-refractivity contribution in [3.05, 3.63) is 0 Å². The summed E-state index contributed by atoms with van der Waals surface area (Å²) in [6, 6.07) is 0.499. The molecule has 0 aliphatic carbocycles. The largest absolute Gasteiger partial charge is 0.388 e. The molecule has 0 aromatic heterocycles. The van der Waals surface area contributed by atoms with Gasteiger partial charge in [-0.15, -0.1) is 0 Å². The summed E-state index contributed by atoms with van der Waals surface area (Å²) >= 11 is 0. The number of nitrogens with one attached hydrogen (secondary N) is 3. The van der Waals surface area contributed by atoms with Crippen molar-refractivity contribution in [3.8, 4) is 0 Å². The first kappa shape index (κ1) is 18.1. The van der Waals surface area contributed by atoms with E-state index in [1.807, 2.05) is 6.92 Å². The molecule has 7 nitrogen and oxygen atoms in total. The molecule has 0 spiro atoms. The zero-order valence-corrected chi connectivity index (χ0v) is 14.5. The van der Waals surface area contributed by atoms with E-state index in [2.05, 4.69) is 16.0 Å². The van der Waals surface area contributed by atoms with Crippen molar-refractivity contribution in [1.29, 1.82) is 0 Å². The van der Waals surface area contributed by atoms with E-state index in [-0.39, 0.29) is 30.3 Å². The zero-order chi connectivity index (χ0) is 16.9. The van der Waals surface area contributed by atoms with Crippen LogP contribution in [-0.2, 0) is 14.3 Å². The van der Waals surface area contributed by atoms with Gasteiger partial charge in [0.15, 0.2) is 0 Å². The van der Waals surface area contributed by atoms with Gasteiger partial charge in [0, 0.05) is 25.6 Å². The van der Waals surface area contributed by atoms with Crippen LogP contribution in [-0.4, -0.2) is 73.8 Å². The normalized spacial score (nSPS) is 36.7. The first-order chi connectivity index (χ1) is 11.7. The quantitative estimate of drug-likeness (QED) is 0.500. The maximum absolute atomic E-state index is 11.8. The van der Waals surface area contributed by atoms with Crippen LogP contribution in [0.2, 0.25) is 0 Å². The number of hydrogen-bond donors (Lipinski definition) is 4. The van der Waals surface area contributed by atoms with E-state index in [9.17, 15) is 9.90 Å². The molecule has 0 radical (unpaired) electrons. The molecule has 0 unspecified atom stereocenters. The predicted molar refractivity (Wildman–Crippen MR) is 89.8 cm³/mol. The Morgan fingerprint density at radius 2 is 2.08 bits per heavy atom. The van der Waals surface area contributed by atoms with E-state index in [0.717, 1.165) is 32.4 Å². The molecule has 3 saturated heterocycles. The fourth-order valence-corrected chi connectivity index (χ4v) is 3.86. The topological polar surface area (TPSA) is 91.9 Å². The third-order valence-corrected chi connectivity index (χ3v) is 5.21. The highest BCUT2D eigenvalue weighted by Crippen LogP contribution is 2.35. The first-order valence-electron chi connectivity index (χ1n) is 9.37. The van der Waals surface area contributed by atoms with Crippen LogP contribution in [0.4, 0.5) is 0 Å². The average Bonchev–Trinajstić information content (AvgIpc) is 3.11. The molecule has 3 aliphatic heterocycles. The summed E-state index contributed by atoms with van der Waals surface area (Å²) in [5, 5.41) is 20.2. The van der Waals surface area contributed by atoms with Crippen LogP contribution < -0.4 is 16.0 Å². The maximum Gasteiger partial charge on any atom is 0.222 e. The second-order valence-corrected chi connectivity index (χ2v) is 7.15. The third-order valence-electron chi connectivity index (χ3n) is 5.21. The van der Waals surface area contributed by atoms with Crippen molar-refractivity contribution < 1.29 is 19.4 Å². The van der Waals surface area contributed by atoms with Crippen LogP contribution in [0, 0.1) is 0 Å². The highest BCUT2D eigenvalue weighted by atomic mass is 16.6. The van der Waals surface area contributed by atoms with Gasteiger partial charge < -0.3 is 30.5 Å². The Morgan fingerprint density at radius 3 is 2.79 bits per heavy atom. The lowest BCUT2D eigenvalue weighted by Gasteiger charge is -2.26. The molecule has 4 N–H and O–H groups in total. The van der Waals surface area contributed by atoms with Crippen molar-refractivity contribution in [1.82, 2.24) is 16.0 Å². The Labute approximate surface area is 143 Å². The predicted octanol–water partition coefficient (Wildman–Crippen LogP) is -0.470. The molecule has 1 amide bonds. The van der Waals surface area contributed by atoms with Crippen LogP contribution in [0.15, 0.2) is 0 Å². The molecular formula is C17H31N3O4. The van der Waals surface area contributed by atoms with Gasteiger partial charge in [0.05, 0.1) is 24.7 Å². The van der Waals surface area contributed by atoms with E-state index in [0.29, 0.717) is 32.0 Å². The minimum absolute atomic E-state index is 0.0143. The third kappa shape index (κ3) is 4.46. The molecular weight excluding hydrogens is 310 g/mol. The second-order valence-electron chi connectivity index (χ2n) is 7.15. The Kier molecular flexibility index (Phi) is 6.46. The van der Waals surface area contributed by atoms with Crippen molar-refractivity contribution in [2.24, 2.45) is 0 Å². The lowest BCUT2D eigenvalue weighted by atomic mass is 10.0. The highest BCUT2D eigenvalue weighted by Gasteiger charge is 2.50. The zero-order valence-electron chi connectivity index (χ0n) is 14.5. The molecule has 0 bridgehead atoms. The van der Waals surface area contributed by atoms with Gasteiger partial charge in [-0.3, -0.25) is 4.79 Å². The smallest absolute Gasteiger partial charge is 0.222 e. The van der Waals surface area contributed by atoms with Crippen molar-refractivity contribution in [2.45, 2.75) is 75.6 Å². The summed E-state index contributed by atoms with van der Waals surface area (Å²) in [4.78, 5) is 11.8. The molecule has 138 valence electrons. The lowest BCUT2D eigenvalue weighted by Crippen LogP contribution is -2.45. The number of aliphatic hydroxyl groups excluding tert-OH is 1. The van der Waals surface area contributed by atoms with Crippen LogP contribution in [0.25, 0.3) is 0 Å². The number of aliphatic hydroxyl groups is 1. The standard InChI is InChI=1S/C17H31N3O4/c1-2-5-19-15(21)9-12-8-13-17(23-12)16(22)14(24-13)10-20-11-3-6-18-7-4-11/h11-14,16-18,20,22H,2-10H2,1H3,(H,19,21)/t12-,13+,14+,16+,17-/m0/s1. The summed E-state index contributed by atoms with van der Waals surface area (Å²) in [6.07, 6.45) is 2.81. The number of rotatable bonds is 7. The molecule has 24 heavy (non-hydrogen) atoms. The van der Waals surface area contributed by atoms with E-state index in [4.69, 9.17) is 9.47 Å². The van der Waals surface area contributed by atoms with Crippen molar-refractivity contribution in [2.75, 3.05) is 26.2 Å². The molecule has 3 heterocycles.